The number of halogens is 1. The van der Waals surface area contributed by atoms with E-state index in [1.807, 2.05) is 6.92 Å². The van der Waals surface area contributed by atoms with Crippen LogP contribution < -0.4 is 10.2 Å². The number of nitrogens with one attached hydrogen (secondary N) is 1. The molecule has 0 aliphatic rings. The molecule has 0 fully saturated rings. The molecule has 23 heavy (non-hydrogen) atoms. The van der Waals surface area contributed by atoms with Crippen LogP contribution in [0.4, 0.5) is 0 Å². The van der Waals surface area contributed by atoms with Crippen molar-refractivity contribution in [1.29, 1.82) is 0 Å². The van der Waals surface area contributed by atoms with Gasteiger partial charge in [-0.3, -0.25) is 4.79 Å². The molecule has 6 heteroatoms. The summed E-state index contributed by atoms with van der Waals surface area (Å²) in [5.74, 6) is 0.403. The third-order valence-electron chi connectivity index (χ3n) is 3.09. The molecule has 0 unspecified atom stereocenters. The molecule has 2 aromatic rings. The maximum absolute atomic E-state index is 12.0. The first-order chi connectivity index (χ1) is 11.0. The normalized spacial score (nSPS) is 12.1. The van der Waals surface area contributed by atoms with E-state index in [2.05, 4.69) is 10.5 Å². The average Bonchev–Trinajstić information content (AvgIpc) is 2.51. The van der Waals surface area contributed by atoms with Crippen molar-refractivity contribution in [3.63, 3.8) is 0 Å². The highest BCUT2D eigenvalue weighted by Crippen LogP contribution is 2.22. The number of aromatic hydroxyl groups is 1. The summed E-state index contributed by atoms with van der Waals surface area (Å²) in [4.78, 5) is 12.0. The lowest BCUT2D eigenvalue weighted by molar-refractivity contribution is -0.127. The average molecular weight is 333 g/mol. The van der Waals surface area contributed by atoms with E-state index in [1.165, 1.54) is 18.3 Å². The molecule has 0 heterocycles. The minimum Gasteiger partial charge on any atom is -0.508 e. The monoisotopic (exact) mass is 332 g/mol. The second kappa shape index (κ2) is 7.65. The maximum atomic E-state index is 12.0. The van der Waals surface area contributed by atoms with Crippen LogP contribution in [0.25, 0.3) is 0 Å². The molecule has 120 valence electrons. The van der Waals surface area contributed by atoms with Crippen LogP contribution in [-0.4, -0.2) is 23.3 Å². The van der Waals surface area contributed by atoms with E-state index in [0.717, 1.165) is 11.1 Å². The van der Waals surface area contributed by atoms with Crippen LogP contribution in [0.1, 0.15) is 18.1 Å². The van der Waals surface area contributed by atoms with E-state index in [1.54, 1.807) is 37.3 Å². The highest BCUT2D eigenvalue weighted by Gasteiger charge is 2.15. The van der Waals surface area contributed by atoms with E-state index in [9.17, 15) is 9.90 Å². The number of rotatable bonds is 5. The van der Waals surface area contributed by atoms with E-state index in [0.29, 0.717) is 10.8 Å². The van der Waals surface area contributed by atoms with E-state index in [-0.39, 0.29) is 11.7 Å². The number of nitrogens with zero attached hydrogens (tertiary/aromatic N) is 1. The van der Waals surface area contributed by atoms with E-state index >= 15 is 0 Å². The van der Waals surface area contributed by atoms with Crippen molar-refractivity contribution in [2.24, 2.45) is 5.10 Å². The molecule has 0 saturated carbocycles. The number of carbonyl (C=O) groups excluding carboxylic acids is 1. The zero-order valence-corrected chi connectivity index (χ0v) is 13.5. The number of ether oxygens (including phenoxy) is 1. The van der Waals surface area contributed by atoms with Crippen molar-refractivity contribution in [3.05, 3.63) is 58.6 Å². The summed E-state index contributed by atoms with van der Waals surface area (Å²) in [5.41, 5.74) is 4.02. The van der Waals surface area contributed by atoms with Gasteiger partial charge >= 0.3 is 0 Å². The molecule has 0 aliphatic carbocycles. The fourth-order valence-corrected chi connectivity index (χ4v) is 2.04. The first-order valence-electron chi connectivity index (χ1n) is 7.00. The van der Waals surface area contributed by atoms with Crippen molar-refractivity contribution in [1.82, 2.24) is 5.43 Å². The smallest absolute Gasteiger partial charge is 0.280 e. The Kier molecular flexibility index (Phi) is 5.60. The third-order valence-corrected chi connectivity index (χ3v) is 3.33. The number of aryl methyl sites for hydroxylation is 1. The summed E-state index contributed by atoms with van der Waals surface area (Å²) in [6, 6.07) is 11.6. The van der Waals surface area contributed by atoms with Crippen molar-refractivity contribution < 1.29 is 14.6 Å². The molecule has 0 spiro atoms. The number of benzene rings is 2. The number of hydrogen-bond donors (Lipinski definition) is 2. The molecule has 1 amide bonds. The van der Waals surface area contributed by atoms with Crippen LogP contribution in [0.3, 0.4) is 0 Å². The topological polar surface area (TPSA) is 70.9 Å². The fourth-order valence-electron chi connectivity index (χ4n) is 1.81. The molecule has 2 rings (SSSR count). The van der Waals surface area contributed by atoms with Gasteiger partial charge < -0.3 is 9.84 Å². The lowest BCUT2D eigenvalue weighted by Gasteiger charge is -2.14. The molecular weight excluding hydrogens is 316 g/mol. The summed E-state index contributed by atoms with van der Waals surface area (Å²) in [7, 11) is 0. The van der Waals surface area contributed by atoms with Gasteiger partial charge in [0.25, 0.3) is 5.91 Å². The summed E-state index contributed by atoms with van der Waals surface area (Å²) in [6.45, 7) is 3.49. The molecule has 2 aromatic carbocycles. The summed E-state index contributed by atoms with van der Waals surface area (Å²) >= 11 is 5.88. The quantitative estimate of drug-likeness (QED) is 0.652. The van der Waals surface area contributed by atoms with Gasteiger partial charge in [-0.15, -0.1) is 0 Å². The SMILES string of the molecule is Cc1cc(Cl)ccc1O[C@@H](C)C(=O)N/N=C/c1ccc(O)cc1. The van der Waals surface area contributed by atoms with Gasteiger partial charge in [0.2, 0.25) is 0 Å². The minimum atomic E-state index is -0.702. The number of hydrazone groups is 1. The predicted molar refractivity (Wildman–Crippen MR) is 90.1 cm³/mol. The Morgan fingerprint density at radius 1 is 1.30 bits per heavy atom. The van der Waals surface area contributed by atoms with Gasteiger partial charge in [0.15, 0.2) is 6.10 Å². The van der Waals surface area contributed by atoms with Gasteiger partial charge in [0.05, 0.1) is 6.21 Å². The van der Waals surface area contributed by atoms with Gasteiger partial charge in [-0.2, -0.15) is 5.10 Å². The van der Waals surface area contributed by atoms with Crippen molar-refractivity contribution in [3.8, 4) is 11.5 Å². The Balaban J connectivity index is 1.90. The molecule has 0 saturated heterocycles. The Bertz CT molecular complexity index is 714. The van der Waals surface area contributed by atoms with Crippen LogP contribution in [0, 0.1) is 6.92 Å². The minimum absolute atomic E-state index is 0.173. The molecule has 0 aliphatic heterocycles. The number of carbonyl (C=O) groups is 1. The first-order valence-corrected chi connectivity index (χ1v) is 7.38. The first kappa shape index (κ1) is 16.8. The van der Waals surface area contributed by atoms with Gasteiger partial charge in [-0.1, -0.05) is 11.6 Å². The van der Waals surface area contributed by atoms with E-state index in [4.69, 9.17) is 16.3 Å². The van der Waals surface area contributed by atoms with Gasteiger partial charge in [0, 0.05) is 5.02 Å². The van der Waals surface area contributed by atoms with Crippen LogP contribution >= 0.6 is 11.6 Å². The van der Waals surface area contributed by atoms with Crippen LogP contribution in [0.5, 0.6) is 11.5 Å². The molecule has 0 aromatic heterocycles. The van der Waals surface area contributed by atoms with Crippen molar-refractivity contribution >= 4 is 23.7 Å². The Morgan fingerprint density at radius 3 is 2.65 bits per heavy atom. The lowest BCUT2D eigenvalue weighted by Crippen LogP contribution is -2.33. The number of hydrogen-bond acceptors (Lipinski definition) is 4. The number of phenols is 1. The fraction of sp³-hybridized carbons (Fsp3) is 0.176. The second-order valence-corrected chi connectivity index (χ2v) is 5.43. The molecular formula is C17H17ClN2O3. The highest BCUT2D eigenvalue weighted by molar-refractivity contribution is 6.30. The van der Waals surface area contributed by atoms with Gasteiger partial charge in [0.1, 0.15) is 11.5 Å². The predicted octanol–water partition coefficient (Wildman–Crippen LogP) is 3.27. The Morgan fingerprint density at radius 2 is 2.00 bits per heavy atom. The standard InChI is InChI=1S/C17H17ClN2O3/c1-11-9-14(18)5-8-16(11)23-12(2)17(22)20-19-10-13-3-6-15(21)7-4-13/h3-10,12,21H,1-2H3,(H,20,22)/b19-10+/t12-/m0/s1. The zero-order chi connectivity index (χ0) is 16.8. The zero-order valence-electron chi connectivity index (χ0n) is 12.8. The Hall–Kier alpha value is -2.53. The van der Waals surface area contributed by atoms with Crippen molar-refractivity contribution in [2.75, 3.05) is 0 Å². The largest absolute Gasteiger partial charge is 0.508 e. The summed E-state index contributed by atoms with van der Waals surface area (Å²) in [5, 5.41) is 13.7. The molecule has 0 bridgehead atoms. The molecule has 1 atom stereocenters. The summed E-state index contributed by atoms with van der Waals surface area (Å²) < 4.78 is 5.60. The molecule has 0 radical (unpaired) electrons. The Labute approximate surface area is 139 Å². The molecule has 2 N–H and O–H groups in total. The number of phenolic OH excluding ortho intramolecular Hbond substituents is 1. The lowest BCUT2D eigenvalue weighted by atomic mass is 10.2. The third kappa shape index (κ3) is 5.00. The van der Waals surface area contributed by atoms with Crippen LogP contribution in [0.15, 0.2) is 47.6 Å². The second-order valence-electron chi connectivity index (χ2n) is 5.00. The van der Waals surface area contributed by atoms with Crippen LogP contribution in [-0.2, 0) is 4.79 Å². The summed E-state index contributed by atoms with van der Waals surface area (Å²) in [6.07, 6.45) is 0.782. The number of amides is 1. The van der Waals surface area contributed by atoms with Crippen molar-refractivity contribution in [2.45, 2.75) is 20.0 Å². The highest BCUT2D eigenvalue weighted by atomic mass is 35.5. The van der Waals surface area contributed by atoms with Gasteiger partial charge in [-0.25, -0.2) is 5.43 Å². The molecule has 5 nitrogen and oxygen atoms in total. The van der Waals surface area contributed by atoms with E-state index < -0.39 is 6.10 Å². The van der Waals surface area contributed by atoms with Gasteiger partial charge in [-0.05, 0) is 67.4 Å². The van der Waals surface area contributed by atoms with Crippen LogP contribution in [0.2, 0.25) is 5.02 Å². The maximum Gasteiger partial charge on any atom is 0.280 e.